The molecule has 0 aliphatic rings. The average Bonchev–Trinajstić information content (AvgIpc) is 2.46. The van der Waals surface area contributed by atoms with Crippen LogP contribution in [-0.2, 0) is 0 Å². The predicted octanol–water partition coefficient (Wildman–Crippen LogP) is 2.72. The zero-order chi connectivity index (χ0) is 15.1. The Labute approximate surface area is 124 Å². The Morgan fingerprint density at radius 2 is 1.90 bits per heavy atom. The maximum absolute atomic E-state index is 12.8. The molecule has 5 nitrogen and oxygen atoms in total. The number of nitrogens with one attached hydrogen (secondary N) is 2. The van der Waals surface area contributed by atoms with Crippen LogP contribution in [0.5, 0.6) is 0 Å². The molecule has 0 aliphatic heterocycles. The number of aromatic nitrogens is 2. The first kappa shape index (κ1) is 15.2. The van der Waals surface area contributed by atoms with Crippen LogP contribution < -0.4 is 10.6 Å². The van der Waals surface area contributed by atoms with Gasteiger partial charge in [-0.2, -0.15) is 4.98 Å². The van der Waals surface area contributed by atoms with Gasteiger partial charge in [-0.1, -0.05) is 0 Å². The van der Waals surface area contributed by atoms with Crippen LogP contribution in [0.2, 0.25) is 0 Å². The normalized spacial score (nSPS) is 10.7. The molecule has 1 aromatic heterocycles. The molecule has 2 rings (SSSR count). The van der Waals surface area contributed by atoms with Crippen molar-refractivity contribution in [2.24, 2.45) is 0 Å². The quantitative estimate of drug-likeness (QED) is 0.768. The van der Waals surface area contributed by atoms with Crippen molar-refractivity contribution in [2.75, 3.05) is 37.8 Å². The van der Waals surface area contributed by atoms with Gasteiger partial charge in [-0.05, 0) is 57.4 Å². The maximum Gasteiger partial charge on any atom is 0.229 e. The zero-order valence-corrected chi connectivity index (χ0v) is 12.3. The second-order valence-electron chi connectivity index (χ2n) is 4.98. The Bertz CT molecular complexity index is 556. The number of hydrogen-bond acceptors (Lipinski definition) is 5. The zero-order valence-electron chi connectivity index (χ0n) is 12.3. The minimum atomic E-state index is -0.266. The molecular weight excluding hydrogens is 269 g/mol. The van der Waals surface area contributed by atoms with Gasteiger partial charge < -0.3 is 15.5 Å². The summed E-state index contributed by atoms with van der Waals surface area (Å²) < 4.78 is 12.8. The summed E-state index contributed by atoms with van der Waals surface area (Å²) in [6.45, 7) is 1.88. The first-order valence-corrected chi connectivity index (χ1v) is 6.88. The second kappa shape index (κ2) is 7.54. The SMILES string of the molecule is CN(C)CCCNc1ccnc(Nc2ccc(F)cc2)n1. The van der Waals surface area contributed by atoms with Crippen molar-refractivity contribution >= 4 is 17.5 Å². The molecule has 0 radical (unpaired) electrons. The van der Waals surface area contributed by atoms with Crippen LogP contribution >= 0.6 is 0 Å². The fourth-order valence-corrected chi connectivity index (χ4v) is 1.79. The van der Waals surface area contributed by atoms with E-state index in [9.17, 15) is 4.39 Å². The van der Waals surface area contributed by atoms with Crippen LogP contribution in [0.4, 0.5) is 21.8 Å². The smallest absolute Gasteiger partial charge is 0.229 e. The van der Waals surface area contributed by atoms with Gasteiger partial charge in [-0.25, -0.2) is 9.37 Å². The van der Waals surface area contributed by atoms with Gasteiger partial charge in [0.15, 0.2) is 0 Å². The molecule has 21 heavy (non-hydrogen) atoms. The second-order valence-corrected chi connectivity index (χ2v) is 4.98. The fourth-order valence-electron chi connectivity index (χ4n) is 1.79. The van der Waals surface area contributed by atoms with Crippen LogP contribution in [0.15, 0.2) is 36.5 Å². The highest BCUT2D eigenvalue weighted by atomic mass is 19.1. The van der Waals surface area contributed by atoms with Crippen LogP contribution in [0.3, 0.4) is 0 Å². The summed E-state index contributed by atoms with van der Waals surface area (Å²) in [7, 11) is 4.10. The first-order chi connectivity index (χ1) is 10.1. The van der Waals surface area contributed by atoms with Gasteiger partial charge in [0.1, 0.15) is 11.6 Å². The minimum absolute atomic E-state index is 0.266. The van der Waals surface area contributed by atoms with Crippen molar-refractivity contribution in [1.29, 1.82) is 0 Å². The largest absolute Gasteiger partial charge is 0.370 e. The summed E-state index contributed by atoms with van der Waals surface area (Å²) in [5.41, 5.74) is 0.751. The molecule has 0 spiro atoms. The molecule has 2 N–H and O–H groups in total. The average molecular weight is 289 g/mol. The van der Waals surface area contributed by atoms with Gasteiger partial charge in [0, 0.05) is 18.4 Å². The van der Waals surface area contributed by atoms with E-state index in [1.165, 1.54) is 12.1 Å². The molecule has 112 valence electrons. The highest BCUT2D eigenvalue weighted by Crippen LogP contribution is 2.14. The Hall–Kier alpha value is -2.21. The van der Waals surface area contributed by atoms with Crippen molar-refractivity contribution < 1.29 is 4.39 Å². The van der Waals surface area contributed by atoms with Gasteiger partial charge in [0.2, 0.25) is 5.95 Å². The summed E-state index contributed by atoms with van der Waals surface area (Å²) in [5.74, 6) is 0.991. The monoisotopic (exact) mass is 289 g/mol. The number of hydrogen-bond donors (Lipinski definition) is 2. The molecular formula is C15H20FN5. The van der Waals surface area contributed by atoms with Crippen molar-refractivity contribution in [3.8, 4) is 0 Å². The van der Waals surface area contributed by atoms with E-state index in [-0.39, 0.29) is 5.82 Å². The van der Waals surface area contributed by atoms with Crippen LogP contribution in [0.25, 0.3) is 0 Å². The Morgan fingerprint density at radius 1 is 1.14 bits per heavy atom. The Kier molecular flexibility index (Phi) is 5.45. The van der Waals surface area contributed by atoms with Crippen molar-refractivity contribution in [1.82, 2.24) is 14.9 Å². The van der Waals surface area contributed by atoms with E-state index in [0.29, 0.717) is 5.95 Å². The van der Waals surface area contributed by atoms with Crippen molar-refractivity contribution in [2.45, 2.75) is 6.42 Å². The molecule has 0 saturated heterocycles. The number of halogens is 1. The molecule has 0 bridgehead atoms. The lowest BCUT2D eigenvalue weighted by Crippen LogP contribution is -2.16. The number of anilines is 3. The Balaban J connectivity index is 1.89. The molecule has 0 aliphatic carbocycles. The van der Waals surface area contributed by atoms with Gasteiger partial charge >= 0.3 is 0 Å². The predicted molar refractivity (Wildman–Crippen MR) is 83.4 cm³/mol. The van der Waals surface area contributed by atoms with E-state index < -0.39 is 0 Å². The van der Waals surface area contributed by atoms with Crippen LogP contribution in [0.1, 0.15) is 6.42 Å². The molecule has 6 heteroatoms. The van der Waals surface area contributed by atoms with Crippen molar-refractivity contribution in [3.63, 3.8) is 0 Å². The van der Waals surface area contributed by atoms with E-state index in [1.807, 2.05) is 6.07 Å². The number of nitrogens with zero attached hydrogens (tertiary/aromatic N) is 3. The lowest BCUT2D eigenvalue weighted by atomic mass is 10.3. The Morgan fingerprint density at radius 3 is 2.62 bits per heavy atom. The van der Waals surface area contributed by atoms with E-state index in [2.05, 4.69) is 39.6 Å². The molecule has 0 unspecified atom stereocenters. The summed E-state index contributed by atoms with van der Waals surface area (Å²) in [5, 5.41) is 6.30. The number of rotatable bonds is 7. The summed E-state index contributed by atoms with van der Waals surface area (Å²) in [6.07, 6.45) is 2.73. The third-order valence-corrected chi connectivity index (χ3v) is 2.84. The third-order valence-electron chi connectivity index (χ3n) is 2.84. The lowest BCUT2D eigenvalue weighted by Gasteiger charge is -2.11. The van der Waals surface area contributed by atoms with Gasteiger partial charge in [-0.15, -0.1) is 0 Å². The van der Waals surface area contributed by atoms with Crippen LogP contribution in [-0.4, -0.2) is 42.1 Å². The molecule has 1 aromatic carbocycles. The van der Waals surface area contributed by atoms with E-state index in [0.717, 1.165) is 31.0 Å². The highest BCUT2D eigenvalue weighted by Gasteiger charge is 2.00. The van der Waals surface area contributed by atoms with Gasteiger partial charge in [0.05, 0.1) is 0 Å². The van der Waals surface area contributed by atoms with Crippen molar-refractivity contribution in [3.05, 3.63) is 42.3 Å². The van der Waals surface area contributed by atoms with E-state index >= 15 is 0 Å². The number of benzene rings is 1. The molecule has 0 amide bonds. The minimum Gasteiger partial charge on any atom is -0.370 e. The summed E-state index contributed by atoms with van der Waals surface area (Å²) in [4.78, 5) is 10.7. The summed E-state index contributed by atoms with van der Waals surface area (Å²) in [6, 6.07) is 7.91. The van der Waals surface area contributed by atoms with Gasteiger partial charge in [-0.3, -0.25) is 0 Å². The highest BCUT2D eigenvalue weighted by molar-refractivity contribution is 5.54. The lowest BCUT2D eigenvalue weighted by molar-refractivity contribution is 0.405. The topological polar surface area (TPSA) is 53.1 Å². The molecule has 0 fully saturated rings. The van der Waals surface area contributed by atoms with Gasteiger partial charge in [0.25, 0.3) is 0 Å². The standard InChI is InChI=1S/C15H20FN5/c1-21(2)11-3-9-17-14-8-10-18-15(20-14)19-13-6-4-12(16)5-7-13/h4-8,10H,3,9,11H2,1-2H3,(H2,17,18,19,20). The molecule has 1 heterocycles. The van der Waals surface area contributed by atoms with Crippen LogP contribution in [0, 0.1) is 5.82 Å². The molecule has 2 aromatic rings. The van der Waals surface area contributed by atoms with E-state index in [1.54, 1.807) is 18.3 Å². The summed E-state index contributed by atoms with van der Waals surface area (Å²) >= 11 is 0. The maximum atomic E-state index is 12.8. The third kappa shape index (κ3) is 5.35. The fraction of sp³-hybridized carbons (Fsp3) is 0.333. The molecule has 0 saturated carbocycles. The first-order valence-electron chi connectivity index (χ1n) is 6.88. The van der Waals surface area contributed by atoms with E-state index in [4.69, 9.17) is 0 Å². The molecule has 0 atom stereocenters.